The van der Waals surface area contributed by atoms with E-state index in [0.29, 0.717) is 18.5 Å². The van der Waals surface area contributed by atoms with Crippen molar-refractivity contribution in [1.29, 1.82) is 0 Å². The minimum absolute atomic E-state index is 0.0240. The molecule has 0 bridgehead atoms. The van der Waals surface area contributed by atoms with Crippen molar-refractivity contribution >= 4 is 29.7 Å². The van der Waals surface area contributed by atoms with Gasteiger partial charge in [-0.2, -0.15) is 5.10 Å². The number of hydrogen-bond acceptors (Lipinski definition) is 5. The minimum Gasteiger partial charge on any atom is -0.481 e. The van der Waals surface area contributed by atoms with Gasteiger partial charge in [0.25, 0.3) is 0 Å². The summed E-state index contributed by atoms with van der Waals surface area (Å²) in [7, 11) is 0. The van der Waals surface area contributed by atoms with Gasteiger partial charge in [-0.25, -0.2) is 0 Å². The quantitative estimate of drug-likeness (QED) is 0.350. The van der Waals surface area contributed by atoms with Gasteiger partial charge in [-0.15, -0.1) is 0 Å². The van der Waals surface area contributed by atoms with Gasteiger partial charge in [-0.05, 0) is 29.7 Å². The third kappa shape index (κ3) is 5.22. The monoisotopic (exact) mass is 408 g/mol. The van der Waals surface area contributed by atoms with Crippen molar-refractivity contribution in [2.45, 2.75) is 25.3 Å². The molecule has 1 heterocycles. The fourth-order valence-electron chi connectivity index (χ4n) is 3.60. The Balaban J connectivity index is 1.62. The first-order valence-electron chi connectivity index (χ1n) is 9.68. The number of nitrogens with zero attached hydrogens (tertiary/aromatic N) is 2. The molecule has 2 amide bonds. The number of carbonyl (C=O) groups is 3. The Kier molecular flexibility index (Phi) is 6.79. The van der Waals surface area contributed by atoms with Crippen molar-refractivity contribution in [1.82, 2.24) is 5.32 Å². The zero-order chi connectivity index (χ0) is 21.5. The van der Waals surface area contributed by atoms with Crippen molar-refractivity contribution in [3.63, 3.8) is 0 Å². The number of benzene rings is 2. The molecule has 8 heteroatoms. The van der Waals surface area contributed by atoms with Crippen molar-refractivity contribution in [3.8, 4) is 0 Å². The molecular weight excluding hydrogens is 384 g/mol. The maximum Gasteiger partial charge on any atom is 0.305 e. The summed E-state index contributed by atoms with van der Waals surface area (Å²) >= 11 is 0. The van der Waals surface area contributed by atoms with Crippen LogP contribution in [0.5, 0.6) is 0 Å². The summed E-state index contributed by atoms with van der Waals surface area (Å²) in [6.07, 6.45) is 1.88. The van der Waals surface area contributed by atoms with Gasteiger partial charge < -0.3 is 21.2 Å². The van der Waals surface area contributed by atoms with Crippen LogP contribution in [0.4, 0.5) is 5.69 Å². The number of hydrogen-bond donors (Lipinski definition) is 3. The molecule has 4 N–H and O–H groups in total. The highest BCUT2D eigenvalue weighted by atomic mass is 16.4. The topological polar surface area (TPSA) is 125 Å². The molecule has 1 saturated heterocycles. The first-order valence-corrected chi connectivity index (χ1v) is 9.68. The van der Waals surface area contributed by atoms with Gasteiger partial charge in [0.05, 0.1) is 18.7 Å². The van der Waals surface area contributed by atoms with Gasteiger partial charge in [0, 0.05) is 24.6 Å². The van der Waals surface area contributed by atoms with Gasteiger partial charge in [0.2, 0.25) is 11.8 Å². The molecule has 2 aromatic carbocycles. The molecule has 3 rings (SSSR count). The van der Waals surface area contributed by atoms with Gasteiger partial charge in [-0.1, -0.05) is 42.5 Å². The van der Waals surface area contributed by atoms with Crippen LogP contribution < -0.4 is 16.1 Å². The van der Waals surface area contributed by atoms with Crippen LogP contribution in [0.15, 0.2) is 59.7 Å². The highest BCUT2D eigenvalue weighted by molar-refractivity contribution is 5.99. The molecule has 1 aliphatic heterocycles. The number of carbonyl (C=O) groups excluding carboxylic acids is 2. The maximum absolute atomic E-state index is 12.8. The second-order valence-electron chi connectivity index (χ2n) is 7.18. The average Bonchev–Trinajstić information content (AvgIpc) is 3.09. The van der Waals surface area contributed by atoms with Gasteiger partial charge in [0.15, 0.2) is 0 Å². The van der Waals surface area contributed by atoms with E-state index in [-0.39, 0.29) is 24.7 Å². The molecule has 30 heavy (non-hydrogen) atoms. The largest absolute Gasteiger partial charge is 0.481 e. The number of anilines is 1. The zero-order valence-corrected chi connectivity index (χ0v) is 16.4. The number of nitrogens with two attached hydrogens (primary N) is 1. The fraction of sp³-hybridized carbons (Fsp3) is 0.273. The lowest BCUT2D eigenvalue weighted by molar-refractivity contribution is -0.138. The van der Waals surface area contributed by atoms with Gasteiger partial charge >= 0.3 is 5.97 Å². The van der Waals surface area contributed by atoms with Gasteiger partial charge in [-0.3, -0.25) is 14.4 Å². The van der Waals surface area contributed by atoms with E-state index in [4.69, 9.17) is 5.84 Å². The van der Waals surface area contributed by atoms with Crippen LogP contribution >= 0.6 is 0 Å². The van der Waals surface area contributed by atoms with Gasteiger partial charge in [0.1, 0.15) is 0 Å². The lowest BCUT2D eigenvalue weighted by Crippen LogP contribution is -2.33. The summed E-state index contributed by atoms with van der Waals surface area (Å²) in [6.45, 7) is 0.526. The van der Waals surface area contributed by atoms with Crippen molar-refractivity contribution in [2.75, 3.05) is 11.4 Å². The number of nitrogens with one attached hydrogen (secondary N) is 1. The van der Waals surface area contributed by atoms with Crippen LogP contribution in [0.2, 0.25) is 0 Å². The lowest BCUT2D eigenvalue weighted by Gasteiger charge is -2.19. The molecule has 2 aromatic rings. The predicted octanol–water partition coefficient (Wildman–Crippen LogP) is 2.05. The highest BCUT2D eigenvalue weighted by Gasteiger charge is 2.34. The molecule has 0 saturated carbocycles. The second-order valence-corrected chi connectivity index (χ2v) is 7.18. The number of rotatable bonds is 8. The summed E-state index contributed by atoms with van der Waals surface area (Å²) in [5.74, 6) is 3.26. The number of amides is 2. The van der Waals surface area contributed by atoms with Crippen molar-refractivity contribution in [3.05, 3.63) is 65.7 Å². The summed E-state index contributed by atoms with van der Waals surface area (Å²) < 4.78 is 0. The summed E-state index contributed by atoms with van der Waals surface area (Å²) in [5, 5.41) is 15.4. The van der Waals surface area contributed by atoms with Crippen LogP contribution in [0.3, 0.4) is 0 Å². The van der Waals surface area contributed by atoms with E-state index in [2.05, 4.69) is 10.4 Å². The Bertz CT molecular complexity index is 928. The molecular formula is C22H24N4O4. The number of carboxylic acids is 1. The maximum atomic E-state index is 12.8. The molecule has 156 valence electrons. The molecule has 1 fully saturated rings. The van der Waals surface area contributed by atoms with Crippen LogP contribution in [-0.4, -0.2) is 35.6 Å². The van der Waals surface area contributed by atoms with Crippen LogP contribution in [0.25, 0.3) is 0 Å². The van der Waals surface area contributed by atoms with E-state index in [1.165, 1.54) is 6.21 Å². The molecule has 1 aliphatic rings. The molecule has 2 unspecified atom stereocenters. The lowest BCUT2D eigenvalue weighted by atomic mass is 10.0. The normalized spacial score (nSPS) is 17.3. The first-order chi connectivity index (χ1) is 14.5. The van der Waals surface area contributed by atoms with E-state index in [1.54, 1.807) is 29.2 Å². The smallest absolute Gasteiger partial charge is 0.305 e. The predicted molar refractivity (Wildman–Crippen MR) is 113 cm³/mol. The number of hydrazone groups is 1. The summed E-state index contributed by atoms with van der Waals surface area (Å²) in [6, 6.07) is 15.6. The summed E-state index contributed by atoms with van der Waals surface area (Å²) in [4.78, 5) is 38.2. The van der Waals surface area contributed by atoms with Crippen LogP contribution in [0, 0.1) is 5.92 Å². The Hall–Kier alpha value is -3.68. The molecule has 0 aromatic heterocycles. The number of carboxylic acid groups (broad SMARTS) is 1. The van der Waals surface area contributed by atoms with Crippen LogP contribution in [-0.2, 0) is 14.4 Å². The van der Waals surface area contributed by atoms with E-state index in [0.717, 1.165) is 11.3 Å². The first kappa shape index (κ1) is 21.0. The molecule has 2 atom stereocenters. The Morgan fingerprint density at radius 1 is 1.20 bits per heavy atom. The van der Waals surface area contributed by atoms with E-state index < -0.39 is 17.9 Å². The number of aliphatic carboxylic acids is 1. The average molecular weight is 408 g/mol. The molecule has 8 nitrogen and oxygen atoms in total. The Morgan fingerprint density at radius 2 is 1.90 bits per heavy atom. The van der Waals surface area contributed by atoms with Crippen molar-refractivity contribution in [2.24, 2.45) is 16.9 Å². The van der Waals surface area contributed by atoms with Crippen LogP contribution in [0.1, 0.15) is 36.4 Å². The molecule has 0 spiro atoms. The third-order valence-electron chi connectivity index (χ3n) is 5.09. The Labute approximate surface area is 174 Å². The van der Waals surface area contributed by atoms with E-state index in [9.17, 15) is 19.5 Å². The molecule has 0 aliphatic carbocycles. The zero-order valence-electron chi connectivity index (χ0n) is 16.4. The van der Waals surface area contributed by atoms with E-state index in [1.807, 2.05) is 30.3 Å². The highest BCUT2D eigenvalue weighted by Crippen LogP contribution is 2.28. The minimum atomic E-state index is -1.00. The van der Waals surface area contributed by atoms with Crippen molar-refractivity contribution < 1.29 is 19.5 Å². The second kappa shape index (κ2) is 9.69. The van der Waals surface area contributed by atoms with E-state index >= 15 is 0 Å². The Morgan fingerprint density at radius 3 is 2.53 bits per heavy atom. The standard InChI is InChI=1S/C22H24N4O4/c23-24-14-15-6-8-18(9-7-15)26-11-10-17(22(26)30)12-20(27)25-19(13-21(28)29)16-4-2-1-3-5-16/h1-9,14,17,19H,10-13,23H2,(H,25,27)(H,28,29). The summed E-state index contributed by atoms with van der Waals surface area (Å²) in [5.41, 5.74) is 2.30. The third-order valence-corrected chi connectivity index (χ3v) is 5.09. The molecule has 0 radical (unpaired) electrons. The SMILES string of the molecule is NN=Cc1ccc(N2CCC(CC(=O)NC(CC(=O)O)c3ccccc3)C2=O)cc1. The fourth-order valence-corrected chi connectivity index (χ4v) is 3.60.